The van der Waals surface area contributed by atoms with Crippen LogP contribution in [0.2, 0.25) is 0 Å². The van der Waals surface area contributed by atoms with Crippen molar-refractivity contribution in [2.24, 2.45) is 7.05 Å². The maximum atomic E-state index is 12.0. The van der Waals surface area contributed by atoms with Gasteiger partial charge in [-0.1, -0.05) is 30.3 Å². The normalized spacial score (nSPS) is 11.2. The van der Waals surface area contributed by atoms with Crippen molar-refractivity contribution < 1.29 is 19.0 Å². The fourth-order valence-corrected chi connectivity index (χ4v) is 2.27. The minimum absolute atomic E-state index is 0.251. The van der Waals surface area contributed by atoms with Gasteiger partial charge in [-0.3, -0.25) is 4.68 Å². The van der Waals surface area contributed by atoms with Crippen LogP contribution in [-0.4, -0.2) is 30.0 Å². The van der Waals surface area contributed by atoms with Gasteiger partial charge in [0, 0.05) is 7.05 Å². The molecule has 0 bridgehead atoms. The molecule has 2 aromatic rings. The molecule has 0 N–H and O–H groups in total. The highest BCUT2D eigenvalue weighted by Gasteiger charge is 2.24. The summed E-state index contributed by atoms with van der Waals surface area (Å²) in [6.45, 7) is 2.20. The van der Waals surface area contributed by atoms with E-state index in [1.165, 1.54) is 20.5 Å². The zero-order chi connectivity index (χ0) is 16.8. The molecule has 0 unspecified atom stereocenters. The molecule has 0 spiro atoms. The largest absolute Gasteiger partial charge is 0.503 e. The Morgan fingerprint density at radius 1 is 1.26 bits per heavy atom. The van der Waals surface area contributed by atoms with Gasteiger partial charge in [0.15, 0.2) is 5.75 Å². The summed E-state index contributed by atoms with van der Waals surface area (Å²) in [6.07, 6.45) is 1.33. The van der Waals surface area contributed by atoms with Crippen molar-refractivity contribution in [3.63, 3.8) is 0 Å². The summed E-state index contributed by atoms with van der Waals surface area (Å²) in [5, 5.41) is 4.33. The number of carbonyl (C=O) groups excluding carboxylic acids is 1. The maximum absolute atomic E-state index is 12.0. The lowest BCUT2D eigenvalue weighted by Crippen LogP contribution is -2.10. The van der Waals surface area contributed by atoms with Gasteiger partial charge in [-0.15, -0.1) is 0 Å². The molecule has 1 heterocycles. The Morgan fingerprint density at radius 2 is 1.96 bits per heavy atom. The first kappa shape index (κ1) is 16.6. The number of nitrogens with zero attached hydrogens (tertiary/aromatic N) is 2. The summed E-state index contributed by atoms with van der Waals surface area (Å²) in [4.78, 5) is 12.0. The zero-order valence-electron chi connectivity index (χ0n) is 13.7. The fourth-order valence-electron chi connectivity index (χ4n) is 2.27. The molecule has 0 fully saturated rings. The molecule has 0 amide bonds. The number of benzene rings is 1. The first-order chi connectivity index (χ1) is 11.1. The zero-order valence-corrected chi connectivity index (χ0v) is 13.7. The Balaban J connectivity index is 2.36. The highest BCUT2D eigenvalue weighted by molar-refractivity contribution is 6.16. The van der Waals surface area contributed by atoms with E-state index >= 15 is 0 Å². The molecular weight excluding hydrogens is 296 g/mol. The minimum Gasteiger partial charge on any atom is -0.503 e. The highest BCUT2D eigenvalue weighted by atomic mass is 16.5. The van der Waals surface area contributed by atoms with E-state index < -0.39 is 5.97 Å². The molecule has 0 atom stereocenters. The number of methoxy groups -OCH3 is 2. The smallest absolute Gasteiger partial charge is 0.343 e. The average molecular weight is 316 g/mol. The van der Waals surface area contributed by atoms with Crippen molar-refractivity contribution in [1.82, 2.24) is 9.78 Å². The van der Waals surface area contributed by atoms with Crippen LogP contribution in [0.5, 0.6) is 5.75 Å². The van der Waals surface area contributed by atoms with Crippen molar-refractivity contribution in [2.75, 3.05) is 14.2 Å². The number of ether oxygens (including phenoxy) is 3. The third kappa shape index (κ3) is 3.71. The second-order valence-electron chi connectivity index (χ2n) is 4.92. The van der Waals surface area contributed by atoms with Crippen molar-refractivity contribution >= 4 is 11.5 Å². The molecule has 1 aromatic heterocycles. The molecule has 0 aliphatic carbocycles. The summed E-state index contributed by atoms with van der Waals surface area (Å²) in [7, 11) is 4.53. The van der Waals surface area contributed by atoms with Gasteiger partial charge >= 0.3 is 5.97 Å². The Bertz CT molecular complexity index is 705. The van der Waals surface area contributed by atoms with E-state index in [0.29, 0.717) is 23.7 Å². The second kappa shape index (κ2) is 7.49. The lowest BCUT2D eigenvalue weighted by atomic mass is 10.1. The van der Waals surface area contributed by atoms with Crippen LogP contribution in [-0.2, 0) is 27.9 Å². The van der Waals surface area contributed by atoms with Gasteiger partial charge in [0.2, 0.25) is 0 Å². The third-order valence-electron chi connectivity index (χ3n) is 3.29. The highest BCUT2D eigenvalue weighted by Crippen LogP contribution is 2.30. The number of esters is 1. The predicted molar refractivity (Wildman–Crippen MR) is 85.7 cm³/mol. The molecule has 0 saturated carbocycles. The van der Waals surface area contributed by atoms with Crippen LogP contribution in [0.1, 0.15) is 17.0 Å². The Labute approximate surface area is 135 Å². The number of rotatable bonds is 6. The Morgan fingerprint density at radius 3 is 2.57 bits per heavy atom. The van der Waals surface area contributed by atoms with Gasteiger partial charge in [0.1, 0.15) is 23.6 Å². The van der Waals surface area contributed by atoms with E-state index in [1.54, 1.807) is 11.7 Å². The number of hydrogen-bond acceptors (Lipinski definition) is 5. The molecule has 6 nitrogen and oxygen atoms in total. The summed E-state index contributed by atoms with van der Waals surface area (Å²) in [6, 6.07) is 9.77. The van der Waals surface area contributed by atoms with Crippen LogP contribution in [0.25, 0.3) is 5.57 Å². The number of carbonyl (C=O) groups is 1. The van der Waals surface area contributed by atoms with E-state index in [9.17, 15) is 4.79 Å². The second-order valence-corrected chi connectivity index (χ2v) is 4.92. The molecule has 0 radical (unpaired) electrons. The van der Waals surface area contributed by atoms with Crippen LogP contribution in [0.15, 0.2) is 36.6 Å². The molecule has 0 aliphatic heterocycles. The molecule has 0 saturated heterocycles. The van der Waals surface area contributed by atoms with E-state index in [1.807, 2.05) is 37.3 Å². The van der Waals surface area contributed by atoms with E-state index in [2.05, 4.69) is 5.10 Å². The summed E-state index contributed by atoms with van der Waals surface area (Å²) < 4.78 is 17.3. The first-order valence-corrected chi connectivity index (χ1v) is 7.10. The standard InChI is InChI=1S/C17H20N2O4/c1-12-16(23-10-13-8-6-5-7-9-13)15(19(2)18-12)14(11-21-3)17(20)22-4/h5-9,11H,10H2,1-4H3/b14-11+. The van der Waals surface area contributed by atoms with Gasteiger partial charge < -0.3 is 14.2 Å². The SMILES string of the molecule is CO/C=C(/C(=O)OC)c1c(OCc2ccccc2)c(C)nn1C. The third-order valence-corrected chi connectivity index (χ3v) is 3.29. The lowest BCUT2D eigenvalue weighted by Gasteiger charge is -2.11. The molecule has 23 heavy (non-hydrogen) atoms. The molecule has 6 heteroatoms. The topological polar surface area (TPSA) is 62.6 Å². The fraction of sp³-hybridized carbons (Fsp3) is 0.294. The number of hydrogen-bond donors (Lipinski definition) is 0. The van der Waals surface area contributed by atoms with E-state index in [4.69, 9.17) is 14.2 Å². The van der Waals surface area contributed by atoms with Gasteiger partial charge in [0.05, 0.1) is 20.5 Å². The monoisotopic (exact) mass is 316 g/mol. The molecule has 122 valence electrons. The van der Waals surface area contributed by atoms with Crippen LogP contribution in [0.3, 0.4) is 0 Å². The summed E-state index contributed by atoms with van der Waals surface area (Å²) in [5.74, 6) is 0.0180. The van der Waals surface area contributed by atoms with Crippen molar-refractivity contribution in [3.8, 4) is 5.75 Å². The molecule has 0 aliphatic rings. The average Bonchev–Trinajstić information content (AvgIpc) is 2.84. The Hall–Kier alpha value is -2.76. The van der Waals surface area contributed by atoms with Crippen LogP contribution in [0, 0.1) is 6.92 Å². The van der Waals surface area contributed by atoms with Crippen LogP contribution < -0.4 is 4.74 Å². The molecule has 2 rings (SSSR count). The van der Waals surface area contributed by atoms with Gasteiger partial charge in [-0.25, -0.2) is 4.79 Å². The maximum Gasteiger partial charge on any atom is 0.343 e. The number of aromatic nitrogens is 2. The van der Waals surface area contributed by atoms with E-state index in [0.717, 1.165) is 5.56 Å². The van der Waals surface area contributed by atoms with Crippen LogP contribution in [0.4, 0.5) is 0 Å². The van der Waals surface area contributed by atoms with E-state index in [-0.39, 0.29) is 5.57 Å². The van der Waals surface area contributed by atoms with Gasteiger partial charge in [0.25, 0.3) is 0 Å². The van der Waals surface area contributed by atoms with Crippen molar-refractivity contribution in [2.45, 2.75) is 13.5 Å². The quantitative estimate of drug-likeness (QED) is 0.465. The van der Waals surface area contributed by atoms with Crippen molar-refractivity contribution in [3.05, 3.63) is 53.5 Å². The summed E-state index contributed by atoms with van der Waals surface area (Å²) >= 11 is 0. The Kier molecular flexibility index (Phi) is 5.41. The minimum atomic E-state index is -0.514. The number of aryl methyl sites for hydroxylation is 2. The summed E-state index contributed by atoms with van der Waals surface area (Å²) in [5.41, 5.74) is 2.48. The van der Waals surface area contributed by atoms with Crippen LogP contribution >= 0.6 is 0 Å². The lowest BCUT2D eigenvalue weighted by molar-refractivity contribution is -0.133. The first-order valence-electron chi connectivity index (χ1n) is 7.10. The molecular formula is C17H20N2O4. The van der Waals surface area contributed by atoms with Gasteiger partial charge in [-0.05, 0) is 12.5 Å². The van der Waals surface area contributed by atoms with Gasteiger partial charge in [-0.2, -0.15) is 5.10 Å². The molecule has 1 aromatic carbocycles. The van der Waals surface area contributed by atoms with Crippen molar-refractivity contribution in [1.29, 1.82) is 0 Å². The predicted octanol–water partition coefficient (Wildman–Crippen LogP) is 2.47.